The smallest absolute Gasteiger partial charge is 0.166 e. The molecule has 0 N–H and O–H groups in total. The number of allylic oxidation sites excluding steroid dienone is 6. The molecule has 0 bridgehead atoms. The lowest BCUT2D eigenvalue weighted by Gasteiger charge is -2.17. The molecule has 0 saturated heterocycles. The molecular weight excluding hydrogens is 225 g/mol. The van der Waals surface area contributed by atoms with Crippen molar-refractivity contribution in [2.45, 2.75) is 52.1 Å². The number of hydrogen-bond acceptors (Lipinski definition) is 0. The predicted molar refractivity (Wildman–Crippen MR) is 64.7 cm³/mol. The van der Waals surface area contributed by atoms with E-state index in [1.165, 1.54) is 11.6 Å². The summed E-state index contributed by atoms with van der Waals surface area (Å²) in [5.74, 6) is 0. The second-order valence-electron chi connectivity index (χ2n) is 4.47. The van der Waals surface area contributed by atoms with Gasteiger partial charge in [-0.1, -0.05) is 36.3 Å². The van der Waals surface area contributed by atoms with Gasteiger partial charge in [0.2, 0.25) is 0 Å². The standard InChI is InChI=1S/C14H19F3/c1-3-4-11(2)5-6-12-7-9-13(10-8-12)14(15,16)17/h4,7,9H,3,5-6,8,10H2,1-2H3/b11-4-. The van der Waals surface area contributed by atoms with E-state index in [9.17, 15) is 13.2 Å². The highest BCUT2D eigenvalue weighted by Gasteiger charge is 2.33. The molecule has 0 atom stereocenters. The lowest BCUT2D eigenvalue weighted by atomic mass is 9.94. The number of rotatable bonds is 4. The Morgan fingerprint density at radius 2 is 2.00 bits per heavy atom. The topological polar surface area (TPSA) is 0 Å². The molecule has 0 radical (unpaired) electrons. The Balaban J connectivity index is 2.51. The number of hydrogen-bond donors (Lipinski definition) is 0. The molecule has 1 aliphatic carbocycles. The fourth-order valence-electron chi connectivity index (χ4n) is 1.93. The molecule has 0 nitrogen and oxygen atoms in total. The van der Waals surface area contributed by atoms with E-state index in [0.717, 1.165) is 24.8 Å². The van der Waals surface area contributed by atoms with Gasteiger partial charge in [0.1, 0.15) is 0 Å². The van der Waals surface area contributed by atoms with E-state index in [0.29, 0.717) is 6.42 Å². The van der Waals surface area contributed by atoms with Crippen LogP contribution in [0, 0.1) is 0 Å². The van der Waals surface area contributed by atoms with Gasteiger partial charge < -0.3 is 0 Å². The number of alkyl halides is 3. The highest BCUT2D eigenvalue weighted by Crippen LogP contribution is 2.33. The Kier molecular flexibility index (Phi) is 5.03. The highest BCUT2D eigenvalue weighted by molar-refractivity contribution is 5.27. The van der Waals surface area contributed by atoms with Crippen LogP contribution in [0.3, 0.4) is 0 Å². The molecule has 0 saturated carbocycles. The van der Waals surface area contributed by atoms with E-state index >= 15 is 0 Å². The van der Waals surface area contributed by atoms with E-state index in [4.69, 9.17) is 0 Å². The molecule has 17 heavy (non-hydrogen) atoms. The molecule has 0 fully saturated rings. The van der Waals surface area contributed by atoms with Crippen molar-refractivity contribution in [3.63, 3.8) is 0 Å². The second-order valence-corrected chi connectivity index (χ2v) is 4.47. The maximum absolute atomic E-state index is 12.4. The van der Waals surface area contributed by atoms with E-state index < -0.39 is 11.7 Å². The molecule has 0 aromatic carbocycles. The van der Waals surface area contributed by atoms with Crippen molar-refractivity contribution in [3.8, 4) is 0 Å². The summed E-state index contributed by atoms with van der Waals surface area (Å²) in [4.78, 5) is 0. The summed E-state index contributed by atoms with van der Waals surface area (Å²) in [6.45, 7) is 4.16. The van der Waals surface area contributed by atoms with Crippen LogP contribution in [0.25, 0.3) is 0 Å². The van der Waals surface area contributed by atoms with Crippen LogP contribution in [0.1, 0.15) is 46.0 Å². The molecule has 0 aliphatic heterocycles. The molecule has 96 valence electrons. The van der Waals surface area contributed by atoms with Gasteiger partial charge in [0, 0.05) is 5.57 Å². The molecule has 0 spiro atoms. The van der Waals surface area contributed by atoms with Crippen molar-refractivity contribution in [1.29, 1.82) is 0 Å². The molecule has 3 heteroatoms. The van der Waals surface area contributed by atoms with Gasteiger partial charge in [0.25, 0.3) is 0 Å². The molecule has 0 amide bonds. The lowest BCUT2D eigenvalue weighted by Crippen LogP contribution is -2.13. The van der Waals surface area contributed by atoms with Crippen LogP contribution in [0.4, 0.5) is 13.2 Å². The fourth-order valence-corrected chi connectivity index (χ4v) is 1.93. The van der Waals surface area contributed by atoms with Gasteiger partial charge in [-0.2, -0.15) is 13.2 Å². The Morgan fingerprint density at radius 3 is 2.47 bits per heavy atom. The second kappa shape index (κ2) is 6.08. The minimum atomic E-state index is -4.15. The van der Waals surface area contributed by atoms with Crippen molar-refractivity contribution >= 4 is 0 Å². The Labute approximate surface area is 101 Å². The van der Waals surface area contributed by atoms with Crippen molar-refractivity contribution in [1.82, 2.24) is 0 Å². The third-order valence-corrected chi connectivity index (χ3v) is 2.99. The first-order valence-electron chi connectivity index (χ1n) is 6.05. The molecule has 0 aromatic rings. The Bertz CT molecular complexity index is 343. The molecule has 1 rings (SSSR count). The molecule has 0 unspecified atom stereocenters. The van der Waals surface area contributed by atoms with Gasteiger partial charge in [0.05, 0.1) is 0 Å². The lowest BCUT2D eigenvalue weighted by molar-refractivity contribution is -0.0941. The minimum Gasteiger partial charge on any atom is -0.166 e. The molecule has 1 aliphatic rings. The zero-order chi connectivity index (χ0) is 12.9. The van der Waals surface area contributed by atoms with Crippen LogP contribution >= 0.6 is 0 Å². The zero-order valence-electron chi connectivity index (χ0n) is 10.4. The van der Waals surface area contributed by atoms with E-state index in [1.54, 1.807) is 6.08 Å². The van der Waals surface area contributed by atoms with E-state index in [2.05, 4.69) is 19.9 Å². The maximum Gasteiger partial charge on any atom is 0.412 e. The summed E-state index contributed by atoms with van der Waals surface area (Å²) < 4.78 is 37.1. The van der Waals surface area contributed by atoms with Crippen molar-refractivity contribution in [2.75, 3.05) is 0 Å². The van der Waals surface area contributed by atoms with E-state index in [1.807, 2.05) is 0 Å². The highest BCUT2D eigenvalue weighted by atomic mass is 19.4. The Morgan fingerprint density at radius 1 is 1.29 bits per heavy atom. The summed E-state index contributed by atoms with van der Waals surface area (Å²) in [7, 11) is 0. The molecule has 0 aromatic heterocycles. The Hall–Kier alpha value is -0.990. The SMILES string of the molecule is CC/C=C(/C)CCC1=CC=C(C(F)(F)F)CC1. The summed E-state index contributed by atoms with van der Waals surface area (Å²) in [6.07, 6.45) is 4.42. The maximum atomic E-state index is 12.4. The first-order valence-corrected chi connectivity index (χ1v) is 6.05. The summed E-state index contributed by atoms with van der Waals surface area (Å²) in [5, 5.41) is 0. The average Bonchev–Trinajstić information content (AvgIpc) is 2.26. The first-order chi connectivity index (χ1) is 7.93. The molecule has 0 heterocycles. The monoisotopic (exact) mass is 244 g/mol. The summed E-state index contributed by atoms with van der Waals surface area (Å²) in [5.41, 5.74) is 2.04. The third kappa shape index (κ3) is 4.80. The van der Waals surface area contributed by atoms with Crippen molar-refractivity contribution in [2.24, 2.45) is 0 Å². The van der Waals surface area contributed by atoms with E-state index in [-0.39, 0.29) is 6.42 Å². The third-order valence-electron chi connectivity index (χ3n) is 2.99. The predicted octanol–water partition coefficient (Wildman–Crippen LogP) is 5.33. The minimum absolute atomic E-state index is 0.131. The van der Waals surface area contributed by atoms with Gasteiger partial charge in [-0.05, 0) is 39.0 Å². The van der Waals surface area contributed by atoms with Gasteiger partial charge in [0.15, 0.2) is 0 Å². The zero-order valence-corrected chi connectivity index (χ0v) is 10.4. The largest absolute Gasteiger partial charge is 0.412 e. The van der Waals surface area contributed by atoms with Gasteiger partial charge in [-0.3, -0.25) is 0 Å². The van der Waals surface area contributed by atoms with Gasteiger partial charge in [-0.25, -0.2) is 0 Å². The fraction of sp³-hybridized carbons (Fsp3) is 0.571. The van der Waals surface area contributed by atoms with Crippen LogP contribution in [0.5, 0.6) is 0 Å². The van der Waals surface area contributed by atoms with Crippen LogP contribution in [0.15, 0.2) is 34.9 Å². The van der Waals surface area contributed by atoms with Crippen LogP contribution in [0.2, 0.25) is 0 Å². The van der Waals surface area contributed by atoms with Crippen LogP contribution in [-0.2, 0) is 0 Å². The average molecular weight is 244 g/mol. The van der Waals surface area contributed by atoms with Crippen molar-refractivity contribution < 1.29 is 13.2 Å². The first kappa shape index (κ1) is 14.1. The summed E-state index contributed by atoms with van der Waals surface area (Å²) in [6, 6.07) is 0. The van der Waals surface area contributed by atoms with Crippen LogP contribution in [-0.4, -0.2) is 6.18 Å². The van der Waals surface area contributed by atoms with Gasteiger partial charge >= 0.3 is 6.18 Å². The quantitative estimate of drug-likeness (QED) is 0.586. The molecular formula is C14H19F3. The number of halogens is 3. The van der Waals surface area contributed by atoms with Crippen molar-refractivity contribution in [3.05, 3.63) is 34.9 Å². The normalized spacial score (nSPS) is 17.8. The summed E-state index contributed by atoms with van der Waals surface area (Å²) >= 11 is 0. The van der Waals surface area contributed by atoms with Crippen LogP contribution < -0.4 is 0 Å². The van der Waals surface area contributed by atoms with Gasteiger partial charge in [-0.15, -0.1) is 0 Å².